The van der Waals surface area contributed by atoms with Gasteiger partial charge in [-0.15, -0.1) is 11.6 Å². The molecule has 607 valence electrons. The van der Waals surface area contributed by atoms with E-state index >= 15 is 0 Å². The number of fused-ring (bicyclic) bond motifs is 2. The monoisotopic (exact) mass is 1780 g/mol. The molecule has 43 heteroatoms. The van der Waals surface area contributed by atoms with Crippen LogP contribution in [0.25, 0.3) is 5.32 Å². The summed E-state index contributed by atoms with van der Waals surface area (Å²) in [5.74, 6) is 3.22. The van der Waals surface area contributed by atoms with Crippen LogP contribution < -0.4 is 98.4 Å². The molecule has 2 aliphatic rings. The van der Waals surface area contributed by atoms with Crippen LogP contribution in [0, 0.1) is 0 Å². The summed E-state index contributed by atoms with van der Waals surface area (Å²) in [6.07, 6.45) is 0. The molecular weight excluding hydrogens is 1690 g/mol. The van der Waals surface area contributed by atoms with Gasteiger partial charge in [-0.1, -0.05) is 132 Å². The first-order valence-corrected chi connectivity index (χ1v) is 34.5. The molecule has 0 unspecified atom stereocenters. The van der Waals surface area contributed by atoms with Crippen molar-refractivity contribution in [1.82, 2.24) is 29.8 Å². The molecule has 5 aromatic heterocycles. The van der Waals surface area contributed by atoms with Crippen molar-refractivity contribution in [2.24, 2.45) is 17.4 Å². The van der Waals surface area contributed by atoms with Crippen LogP contribution in [0.2, 0.25) is 25.1 Å². The summed E-state index contributed by atoms with van der Waals surface area (Å²) in [7, 11) is 7.36. The van der Waals surface area contributed by atoms with E-state index in [-0.39, 0.29) is 236 Å². The molecular formula is C69H88BCl8KN10NaO21S. The van der Waals surface area contributed by atoms with Gasteiger partial charge in [0.1, 0.15) is 22.8 Å². The average Bonchev–Trinajstić information content (AvgIpc) is 1.63. The molecule has 9 rings (SSSR count). The number of amides is 4. The van der Waals surface area contributed by atoms with Crippen LogP contribution in [-0.2, 0) is 68.0 Å². The van der Waals surface area contributed by atoms with Crippen molar-refractivity contribution in [2.75, 3.05) is 39.6 Å². The number of alkyl halides is 1. The maximum atomic E-state index is 12.4. The minimum absolute atomic E-state index is 0. The Bertz CT molecular complexity index is 3860. The van der Waals surface area contributed by atoms with Crippen molar-refractivity contribution >= 4 is 175 Å². The number of nitrogens with zero attached hydrogens (tertiary/aromatic N) is 7. The van der Waals surface area contributed by atoms with Gasteiger partial charge in [-0.25, -0.2) is 57.9 Å². The number of aliphatic hydroxyl groups excluding tert-OH is 1. The predicted octanol–water partition coefficient (Wildman–Crippen LogP) is 7.23. The third-order valence-electron chi connectivity index (χ3n) is 11.4. The van der Waals surface area contributed by atoms with Gasteiger partial charge >= 0.3 is 117 Å². The summed E-state index contributed by atoms with van der Waals surface area (Å²) in [4.78, 5) is 144. The van der Waals surface area contributed by atoms with Crippen molar-refractivity contribution < 1.29 is 183 Å². The van der Waals surface area contributed by atoms with Gasteiger partial charge in [-0.05, 0) is 114 Å². The second-order valence-corrected chi connectivity index (χ2v) is 23.3. The van der Waals surface area contributed by atoms with E-state index < -0.39 is 68.7 Å². The number of halogens is 8. The van der Waals surface area contributed by atoms with E-state index in [1.54, 1.807) is 102 Å². The van der Waals surface area contributed by atoms with Crippen molar-refractivity contribution in [3.63, 3.8) is 0 Å². The number of nitrogens with two attached hydrogens (primary N) is 3. The maximum absolute atomic E-state index is 12.4. The number of hydrazine groups is 1. The molecule has 0 aliphatic carbocycles. The van der Waals surface area contributed by atoms with Gasteiger partial charge in [0, 0.05) is 72.6 Å². The van der Waals surface area contributed by atoms with E-state index in [1.807, 2.05) is 0 Å². The fourth-order valence-corrected chi connectivity index (χ4v) is 8.77. The molecule has 7 aromatic rings. The van der Waals surface area contributed by atoms with Crippen LogP contribution in [-0.4, -0.2) is 164 Å². The Kier molecular flexibility index (Phi) is 76.4. The fraction of sp³-hybridized carbons (Fsp3) is 0.304. The third-order valence-corrected chi connectivity index (χ3v) is 12.7. The number of ether oxygens (including phenoxy) is 6. The van der Waals surface area contributed by atoms with E-state index in [0.29, 0.717) is 73.3 Å². The average molecular weight is 1780 g/mol. The van der Waals surface area contributed by atoms with E-state index in [2.05, 4.69) is 63.3 Å². The predicted molar refractivity (Wildman–Crippen MR) is 426 cm³/mol. The topological polar surface area (TPSA) is 492 Å². The minimum Gasteiger partial charge on any atom is -1.00 e. The molecule has 0 saturated heterocycles. The number of aromatic nitrogens is 5. The Hall–Kier alpha value is -6.27. The van der Waals surface area contributed by atoms with Crippen LogP contribution in [0.3, 0.4) is 0 Å². The Morgan fingerprint density at radius 1 is 0.482 bits per heavy atom. The van der Waals surface area contributed by atoms with Crippen LogP contribution in [0.15, 0.2) is 109 Å². The number of rotatable bonds is 17. The van der Waals surface area contributed by atoms with Gasteiger partial charge in [0.25, 0.3) is 18.3 Å². The van der Waals surface area contributed by atoms with Crippen LogP contribution >= 0.6 is 91.0 Å². The summed E-state index contributed by atoms with van der Waals surface area (Å²) in [6.45, 7) is 11.4. The summed E-state index contributed by atoms with van der Waals surface area (Å²) in [5, 5.41) is 20.7. The van der Waals surface area contributed by atoms with Crippen molar-refractivity contribution in [3.05, 3.63) is 219 Å². The normalized spacial score (nSPS) is 9.94. The fourth-order valence-electron chi connectivity index (χ4n) is 7.51. The molecule has 0 fully saturated rings. The molecule has 4 amide bonds. The minimum atomic E-state index is -1.67. The number of carboxylic acid groups (broad SMARTS) is 1. The van der Waals surface area contributed by atoms with Crippen molar-refractivity contribution in [3.8, 4) is 0 Å². The number of imide groups is 2. The first-order chi connectivity index (χ1) is 49.0. The van der Waals surface area contributed by atoms with Gasteiger partial charge in [0.2, 0.25) is 9.23 Å². The van der Waals surface area contributed by atoms with Crippen molar-refractivity contribution in [2.45, 2.75) is 104 Å². The molecule has 0 spiro atoms. The first kappa shape index (κ1) is 124. The SMILES string of the molecule is C.C.C.C.C.CCOC(=O)c1cc(Cl)cc(C(=O)OCC)n1.CCOC(=O)c1cc(Cl)cc(CCl)n1.CCOC(=O)c1cc(Cl)cc(CN)n1.CCOC(=O)c1cc(Cl)cc(CN2C(=O)c3ccccc3C2=O)n1.CCOC(=O)c1cc(Cl)cc(CO)n1.NN.O.O=C1[N-]C(=O)c2ccccc21.O=CO.O=S(Cl)Cl.[B].[H-].[K+].[Na+]. The third kappa shape index (κ3) is 45.1. The zero-order valence-corrected chi connectivity index (χ0v) is 70.1. The number of pyridine rings is 5. The first-order valence-electron chi connectivity index (χ1n) is 29.3. The smallest absolute Gasteiger partial charge is 1.00 e. The summed E-state index contributed by atoms with van der Waals surface area (Å²) in [6, 6.07) is 27.8. The van der Waals surface area contributed by atoms with Crippen LogP contribution in [0.5, 0.6) is 0 Å². The summed E-state index contributed by atoms with van der Waals surface area (Å²) >= 11 is 34.6. The molecule has 2 aliphatic heterocycles. The number of carbonyl (C=O) groups excluding carboxylic acids is 10. The largest absolute Gasteiger partial charge is 1.00 e. The Morgan fingerprint density at radius 3 is 0.973 bits per heavy atom. The molecule has 3 radical (unpaired) electrons. The zero-order valence-electron chi connectivity index (χ0n) is 59.2. The molecule has 7 heterocycles. The molecule has 0 atom stereocenters. The number of esters is 6. The molecule has 2 aromatic carbocycles. The Labute approximate surface area is 759 Å². The summed E-state index contributed by atoms with van der Waals surface area (Å²) < 4.78 is 37.8. The van der Waals surface area contributed by atoms with Gasteiger partial charge in [-0.3, -0.25) is 31.0 Å². The standard InChI is InChI=1S/C17H13ClN2O4.C11H12ClNO4.C9H9Cl2NO2.C9H11ClN2O2.C9H10ClNO3.C8H5NO2.CH2O2.5CH4.B.Cl2OS.K.H4N2.Na.H2O.H/c1-2-24-17(23)14-8-10(18)7-11(19-14)9-20-15(21)12-5-3-4-6-13(12)16(20)22;1-3-16-10(14)8-5-7(12)6-9(13-8)11(15)17-4-2;1-2-14-9(13)8-4-6(11)3-7(5-10)12-8;1-2-14-9(13)8-4-6(10)3-7(5-11)12-8;1-2-14-9(13)8-4-6(10)3-7(5-12)11-8;10-7-5-3-1-2-4-6(5)8(11)9-7;2-1-3;;;;;;;1-4(2)3;;1-2;;;/h3-8H,2,9H2,1H3;5-6H,3-4H2,1-2H3;3-4H,2,5H2,1H3;3-4H,2,5,11H2,1H3;3-4,12H,2,5H2,1H3;1-4H,(H,9,10,11);1H,(H,2,3);5*1H4;;;;1-2H2;;1H2;/q;;;;;;;;;;;;;;+1;;+1;;-1/p-1. The number of hydrogen-bond donors (Lipinski definition) is 5. The number of hydrogen-bond acceptors (Lipinski definition) is 27. The molecule has 31 nitrogen and oxygen atoms in total. The van der Waals surface area contributed by atoms with Gasteiger partial charge in [0.05, 0.1) is 104 Å². The van der Waals surface area contributed by atoms with Crippen LogP contribution in [0.4, 0.5) is 0 Å². The van der Waals surface area contributed by atoms with E-state index in [1.165, 1.54) is 48.5 Å². The maximum Gasteiger partial charge on any atom is 1.00 e. The number of aliphatic hydroxyl groups is 1. The molecule has 112 heavy (non-hydrogen) atoms. The molecule has 0 saturated carbocycles. The Morgan fingerprint density at radius 2 is 0.705 bits per heavy atom. The van der Waals surface area contributed by atoms with E-state index in [0.717, 1.165) is 4.90 Å². The summed E-state index contributed by atoms with van der Waals surface area (Å²) in [5.41, 5.74) is 9.25. The quantitative estimate of drug-likeness (QED) is 0.00690. The second kappa shape index (κ2) is 69.1. The van der Waals surface area contributed by atoms with E-state index in [4.69, 9.17) is 123 Å². The molecule has 0 bridgehead atoms. The molecule has 10 N–H and O–H groups in total. The zero-order chi connectivity index (χ0) is 77.9. The van der Waals surface area contributed by atoms with Crippen molar-refractivity contribution in [1.29, 1.82) is 0 Å². The van der Waals surface area contributed by atoms with Crippen LogP contribution in [0.1, 0.15) is 207 Å². The van der Waals surface area contributed by atoms with E-state index in [9.17, 15) is 47.9 Å². The van der Waals surface area contributed by atoms with Gasteiger partial charge < -0.3 is 66.2 Å². The number of benzene rings is 2. The van der Waals surface area contributed by atoms with Gasteiger partial charge in [-0.2, -0.15) is 0 Å². The Balaban J connectivity index is -0.000000137. The second-order valence-electron chi connectivity index (χ2n) is 18.3. The van der Waals surface area contributed by atoms with Gasteiger partial charge in [0.15, 0.2) is 11.4 Å². The number of carbonyl (C=O) groups is 11.